The number of rotatable bonds is 0. The predicted octanol–water partition coefficient (Wildman–Crippen LogP) is 4.61. The fourth-order valence-corrected chi connectivity index (χ4v) is 5.97. The van der Waals surface area contributed by atoms with Crippen LogP contribution in [0.4, 0.5) is 0 Å². The van der Waals surface area contributed by atoms with Gasteiger partial charge in [0.2, 0.25) is 11.9 Å². The third kappa shape index (κ3) is 3.70. The number of aliphatic imine (C=N–C) groups is 8. The first-order valence-electron chi connectivity index (χ1n) is 13.8. The zero-order chi connectivity index (χ0) is 27.0. The number of amidine groups is 6. The largest absolute Gasteiger partial charge is 0.265 e. The third-order valence-corrected chi connectivity index (χ3v) is 8.20. The number of hydrogen-bond acceptors (Lipinski definition) is 10. The smallest absolute Gasteiger partial charge is 0.247 e. The van der Waals surface area contributed by atoms with Crippen LogP contribution in [0.2, 0.25) is 0 Å². The molecule has 0 aromatic carbocycles. The Bertz CT molecular complexity index is 1750. The predicted molar refractivity (Wildman–Crippen MR) is 160 cm³/mol. The van der Waals surface area contributed by atoms with E-state index in [-0.39, 0.29) is 5.41 Å². The molecule has 0 saturated carbocycles. The molecule has 8 rings (SSSR count). The van der Waals surface area contributed by atoms with Crippen LogP contribution in [0, 0.1) is 5.41 Å². The summed E-state index contributed by atoms with van der Waals surface area (Å²) in [6, 6.07) is 0. The second-order valence-corrected chi connectivity index (χ2v) is 11.7. The van der Waals surface area contributed by atoms with E-state index < -0.39 is 0 Å². The summed E-state index contributed by atoms with van der Waals surface area (Å²) < 4.78 is 0. The average Bonchev–Trinajstić information content (AvgIpc) is 3.70. The molecular formula is C30H28N10. The molecule has 0 radical (unpaired) electrons. The maximum atomic E-state index is 5.11. The quantitative estimate of drug-likeness (QED) is 0.446. The van der Waals surface area contributed by atoms with Gasteiger partial charge in [0, 0.05) is 33.4 Å². The van der Waals surface area contributed by atoms with Crippen LogP contribution < -0.4 is 10.9 Å². The first-order valence-corrected chi connectivity index (χ1v) is 13.8. The Labute approximate surface area is 231 Å². The number of allylic oxidation sites excluding steroid dienone is 6. The van der Waals surface area contributed by atoms with Gasteiger partial charge in [-0.3, -0.25) is 10.9 Å². The van der Waals surface area contributed by atoms with Crippen LogP contribution in [0.1, 0.15) is 59.3 Å². The number of hydrazine groups is 1. The van der Waals surface area contributed by atoms with Gasteiger partial charge in [0.15, 0.2) is 35.0 Å². The summed E-state index contributed by atoms with van der Waals surface area (Å²) in [6.07, 6.45) is 15.5. The van der Waals surface area contributed by atoms with Crippen LogP contribution in [0.5, 0.6) is 0 Å². The molecule has 198 valence electrons. The molecular weight excluding hydrogens is 500 g/mol. The Kier molecular flexibility index (Phi) is 4.92. The van der Waals surface area contributed by atoms with Crippen LogP contribution in [0.3, 0.4) is 0 Å². The molecule has 40 heavy (non-hydrogen) atoms. The van der Waals surface area contributed by atoms with E-state index >= 15 is 0 Å². The molecule has 0 atom stereocenters. The van der Waals surface area contributed by atoms with Crippen molar-refractivity contribution >= 4 is 46.9 Å². The topological polar surface area (TPSA) is 123 Å². The summed E-state index contributed by atoms with van der Waals surface area (Å²) in [6.45, 7) is 6.78. The van der Waals surface area contributed by atoms with Crippen molar-refractivity contribution in [3.05, 3.63) is 69.4 Å². The minimum Gasteiger partial charge on any atom is -0.265 e. The maximum Gasteiger partial charge on any atom is 0.247 e. The number of hydrogen-bond donors (Lipinski definition) is 2. The Morgan fingerprint density at radius 1 is 0.475 bits per heavy atom. The first-order chi connectivity index (χ1) is 19.4. The van der Waals surface area contributed by atoms with Crippen molar-refractivity contribution in [2.45, 2.75) is 59.3 Å². The second-order valence-electron chi connectivity index (χ2n) is 11.7. The van der Waals surface area contributed by atoms with E-state index in [1.807, 2.05) is 0 Å². The van der Waals surface area contributed by atoms with E-state index in [9.17, 15) is 0 Å². The van der Waals surface area contributed by atoms with Gasteiger partial charge in [-0.05, 0) is 43.9 Å². The van der Waals surface area contributed by atoms with E-state index in [0.717, 1.165) is 72.0 Å². The Balaban J connectivity index is 1.33. The van der Waals surface area contributed by atoms with Crippen molar-refractivity contribution in [2.75, 3.05) is 0 Å². The molecule has 5 heterocycles. The van der Waals surface area contributed by atoms with Gasteiger partial charge < -0.3 is 0 Å². The van der Waals surface area contributed by atoms with E-state index in [1.54, 1.807) is 0 Å². The maximum absolute atomic E-state index is 5.11. The van der Waals surface area contributed by atoms with Gasteiger partial charge in [0.1, 0.15) is 0 Å². The highest BCUT2D eigenvalue weighted by molar-refractivity contribution is 6.32. The van der Waals surface area contributed by atoms with E-state index in [2.05, 4.69) is 67.0 Å². The van der Waals surface area contributed by atoms with Crippen LogP contribution in [-0.2, 0) is 0 Å². The molecule has 2 N–H and O–H groups in total. The first kappa shape index (κ1) is 23.3. The van der Waals surface area contributed by atoms with Gasteiger partial charge in [-0.15, -0.1) is 0 Å². The second kappa shape index (κ2) is 8.45. The summed E-state index contributed by atoms with van der Waals surface area (Å²) in [4.78, 5) is 39.1. The van der Waals surface area contributed by atoms with E-state index in [0.29, 0.717) is 46.9 Å². The Morgan fingerprint density at radius 2 is 0.875 bits per heavy atom. The molecule has 0 aromatic heterocycles. The number of guanidine groups is 2. The van der Waals surface area contributed by atoms with Gasteiger partial charge in [-0.1, -0.05) is 56.7 Å². The summed E-state index contributed by atoms with van der Waals surface area (Å²) >= 11 is 0. The summed E-state index contributed by atoms with van der Waals surface area (Å²) in [5.74, 6) is 4.76. The highest BCUT2D eigenvalue weighted by Gasteiger charge is 2.35. The summed E-state index contributed by atoms with van der Waals surface area (Å²) in [5, 5.41) is 0. The standard InChI is InChI=1S/C30H28N10/c1-30(2,3)15-12-13-20-21(14-15)27-34-23-17-9-5-7-11-19(17)26(33-23)37-29-38-28(39-40-29)36-25-18-10-6-4-8-16(18)22(32-25)31-24(20)35-27/h4-7,12H,8-11,13-14H2,1-3H3,(H2,31,32,33,34,35,36,37,38,39,40). The van der Waals surface area contributed by atoms with Gasteiger partial charge in [-0.2, -0.15) is 15.0 Å². The van der Waals surface area contributed by atoms with Gasteiger partial charge in [-0.25, -0.2) is 25.0 Å². The summed E-state index contributed by atoms with van der Waals surface area (Å²) in [7, 11) is 0. The normalized spacial score (nSPS) is 24.5. The number of fused-ring (bicyclic) bond motifs is 10. The van der Waals surface area contributed by atoms with Crippen LogP contribution >= 0.6 is 0 Å². The van der Waals surface area contributed by atoms with Crippen LogP contribution in [-0.4, -0.2) is 46.9 Å². The molecule has 8 aliphatic rings. The highest BCUT2D eigenvalue weighted by Crippen LogP contribution is 2.40. The Hall–Kier alpha value is -4.60. The average molecular weight is 529 g/mol. The van der Waals surface area contributed by atoms with Crippen molar-refractivity contribution in [1.29, 1.82) is 0 Å². The van der Waals surface area contributed by atoms with Gasteiger partial charge >= 0.3 is 0 Å². The number of nitrogens with one attached hydrogen (secondary N) is 2. The molecule has 5 aliphatic heterocycles. The fourth-order valence-electron chi connectivity index (χ4n) is 5.97. The van der Waals surface area contributed by atoms with Crippen molar-refractivity contribution in [2.24, 2.45) is 45.4 Å². The lowest BCUT2D eigenvalue weighted by molar-refractivity contribution is 0.488. The van der Waals surface area contributed by atoms with Crippen LogP contribution in [0.25, 0.3) is 0 Å². The SMILES string of the molecule is CC(C)(C)C1=CCC2=C(C1)C1=NC2=NC2=NC(=NC3=NC(=NC4=NC(=N1)C1=C4CC=CC1)NN3)C1=C2CC=CC1. The van der Waals surface area contributed by atoms with Crippen molar-refractivity contribution < 1.29 is 0 Å². The third-order valence-electron chi connectivity index (χ3n) is 8.20. The van der Waals surface area contributed by atoms with Crippen molar-refractivity contribution in [3.8, 4) is 0 Å². The molecule has 0 unspecified atom stereocenters. The molecule has 0 amide bonds. The molecule has 0 saturated heterocycles. The fraction of sp³-hybridized carbons (Fsp3) is 0.333. The van der Waals surface area contributed by atoms with Gasteiger partial charge in [0.05, 0.1) is 0 Å². The van der Waals surface area contributed by atoms with Gasteiger partial charge in [0.25, 0.3) is 0 Å². The zero-order valence-corrected chi connectivity index (χ0v) is 22.7. The minimum absolute atomic E-state index is 0.0567. The highest BCUT2D eigenvalue weighted by atomic mass is 15.5. The van der Waals surface area contributed by atoms with Crippen LogP contribution in [0.15, 0.2) is 109 Å². The molecule has 0 fully saturated rings. The summed E-state index contributed by atoms with van der Waals surface area (Å²) in [5.41, 5.74) is 14.1. The van der Waals surface area contributed by atoms with Crippen molar-refractivity contribution in [3.63, 3.8) is 0 Å². The van der Waals surface area contributed by atoms with E-state index in [1.165, 1.54) is 5.57 Å². The number of nitrogens with zero attached hydrogens (tertiary/aromatic N) is 8. The van der Waals surface area contributed by atoms with Crippen molar-refractivity contribution in [1.82, 2.24) is 10.9 Å². The monoisotopic (exact) mass is 528 g/mol. The molecule has 8 bridgehead atoms. The lowest BCUT2D eigenvalue weighted by Gasteiger charge is -2.27. The Morgan fingerprint density at radius 3 is 1.38 bits per heavy atom. The zero-order valence-electron chi connectivity index (χ0n) is 22.7. The molecule has 10 nitrogen and oxygen atoms in total. The molecule has 0 aromatic rings. The minimum atomic E-state index is 0.0567. The lowest BCUT2D eigenvalue weighted by Crippen LogP contribution is -2.32. The molecule has 10 heteroatoms. The molecule has 3 aliphatic carbocycles. The molecule has 0 spiro atoms. The lowest BCUT2D eigenvalue weighted by atomic mass is 9.78. The van der Waals surface area contributed by atoms with E-state index in [4.69, 9.17) is 34.9 Å².